The first-order valence-electron chi connectivity index (χ1n) is 10.0. The lowest BCUT2D eigenvalue weighted by molar-refractivity contribution is -0.132. The summed E-state index contributed by atoms with van der Waals surface area (Å²) >= 11 is 0. The van der Waals surface area contributed by atoms with Gasteiger partial charge < -0.3 is 14.6 Å². The summed E-state index contributed by atoms with van der Waals surface area (Å²) in [5, 5.41) is 11.1. The lowest BCUT2D eigenvalue weighted by Crippen LogP contribution is -2.30. The van der Waals surface area contributed by atoms with E-state index in [4.69, 9.17) is 9.47 Å². The number of pyridine rings is 1. The van der Waals surface area contributed by atoms with E-state index in [9.17, 15) is 19.5 Å². The molecule has 4 rings (SSSR count). The van der Waals surface area contributed by atoms with E-state index in [0.29, 0.717) is 22.4 Å². The smallest absolute Gasteiger partial charge is 0.337 e. The summed E-state index contributed by atoms with van der Waals surface area (Å²) in [5.41, 5.74) is 1.05. The maximum absolute atomic E-state index is 13.1. The van der Waals surface area contributed by atoms with E-state index in [0.717, 1.165) is 0 Å². The second-order valence-electron chi connectivity index (χ2n) is 7.20. The zero-order chi connectivity index (χ0) is 23.5. The van der Waals surface area contributed by atoms with E-state index in [-0.39, 0.29) is 17.2 Å². The molecule has 8 heteroatoms. The van der Waals surface area contributed by atoms with Crippen LogP contribution in [0.3, 0.4) is 0 Å². The third kappa shape index (κ3) is 3.94. The van der Waals surface area contributed by atoms with Crippen molar-refractivity contribution >= 4 is 29.2 Å². The normalized spacial score (nSPS) is 17.2. The number of amides is 1. The van der Waals surface area contributed by atoms with Crippen LogP contribution in [-0.4, -0.2) is 42.0 Å². The molecule has 1 aliphatic rings. The Morgan fingerprint density at radius 3 is 2.36 bits per heavy atom. The Labute approximate surface area is 189 Å². The number of rotatable bonds is 5. The number of Topliss-reactive ketones (excluding diaryl/α,β-unsaturated/α-hetero) is 1. The number of aliphatic hydroxyl groups is 1. The Morgan fingerprint density at radius 1 is 0.970 bits per heavy atom. The Kier molecular flexibility index (Phi) is 5.91. The standard InChI is InChI=1S/C25H20N2O6/c1-32-18-7-5-6-17(14-18)22(28)20-21(15-9-11-16(12-10-15)25(31)33-2)27(24(30)23(20)29)19-8-3-4-13-26-19/h3-14,21,28H,1-2H3/t21-/m1/s1. The number of ether oxygens (including phenoxy) is 2. The third-order valence-corrected chi connectivity index (χ3v) is 5.33. The van der Waals surface area contributed by atoms with Crippen molar-refractivity contribution in [2.45, 2.75) is 6.04 Å². The molecular weight excluding hydrogens is 424 g/mol. The number of aliphatic hydroxyl groups excluding tert-OH is 1. The summed E-state index contributed by atoms with van der Waals surface area (Å²) in [6.45, 7) is 0. The van der Waals surface area contributed by atoms with Crippen LogP contribution in [0.5, 0.6) is 5.75 Å². The molecule has 1 saturated heterocycles. The molecule has 166 valence electrons. The van der Waals surface area contributed by atoms with E-state index in [2.05, 4.69) is 4.98 Å². The van der Waals surface area contributed by atoms with Gasteiger partial charge in [-0.2, -0.15) is 0 Å². The fourth-order valence-corrected chi connectivity index (χ4v) is 3.73. The van der Waals surface area contributed by atoms with Crippen molar-refractivity contribution in [1.29, 1.82) is 0 Å². The number of benzene rings is 2. The first kappa shape index (κ1) is 21.8. The molecular formula is C25H20N2O6. The lowest BCUT2D eigenvalue weighted by atomic mass is 9.94. The van der Waals surface area contributed by atoms with Gasteiger partial charge in [-0.15, -0.1) is 0 Å². The molecule has 0 unspecified atom stereocenters. The van der Waals surface area contributed by atoms with Crippen molar-refractivity contribution in [1.82, 2.24) is 4.98 Å². The quantitative estimate of drug-likeness (QED) is 0.278. The van der Waals surface area contributed by atoms with Crippen molar-refractivity contribution in [3.8, 4) is 5.75 Å². The summed E-state index contributed by atoms with van der Waals surface area (Å²) in [5.74, 6) is -1.78. The number of hydrogen-bond donors (Lipinski definition) is 1. The summed E-state index contributed by atoms with van der Waals surface area (Å²) in [7, 11) is 2.77. The highest BCUT2D eigenvalue weighted by Gasteiger charge is 2.47. The van der Waals surface area contributed by atoms with Gasteiger partial charge in [0.25, 0.3) is 5.78 Å². The van der Waals surface area contributed by atoms with Crippen LogP contribution in [-0.2, 0) is 14.3 Å². The Balaban J connectivity index is 1.91. The molecule has 1 amide bonds. The number of esters is 1. The molecule has 0 aliphatic carbocycles. The van der Waals surface area contributed by atoms with Crippen LogP contribution in [0, 0.1) is 0 Å². The minimum absolute atomic E-state index is 0.0928. The van der Waals surface area contributed by atoms with Crippen LogP contribution >= 0.6 is 0 Å². The summed E-state index contributed by atoms with van der Waals surface area (Å²) in [4.78, 5) is 43.5. The lowest BCUT2D eigenvalue weighted by Gasteiger charge is -2.24. The average molecular weight is 444 g/mol. The summed E-state index contributed by atoms with van der Waals surface area (Å²) in [6.07, 6.45) is 1.51. The molecule has 1 atom stereocenters. The van der Waals surface area contributed by atoms with Gasteiger partial charge >= 0.3 is 11.9 Å². The molecule has 8 nitrogen and oxygen atoms in total. The fraction of sp³-hybridized carbons (Fsp3) is 0.120. The zero-order valence-electron chi connectivity index (χ0n) is 17.9. The summed E-state index contributed by atoms with van der Waals surface area (Å²) in [6, 6.07) is 16.9. The monoisotopic (exact) mass is 444 g/mol. The number of carbonyl (C=O) groups is 3. The van der Waals surface area contributed by atoms with E-state index in [1.807, 2.05) is 0 Å². The van der Waals surface area contributed by atoms with Gasteiger partial charge in [0.15, 0.2) is 0 Å². The van der Waals surface area contributed by atoms with Crippen LogP contribution in [0.2, 0.25) is 0 Å². The SMILES string of the molecule is COC(=O)c1ccc([C@@H]2C(=C(O)c3cccc(OC)c3)C(=O)C(=O)N2c2ccccn2)cc1. The number of methoxy groups -OCH3 is 2. The topological polar surface area (TPSA) is 106 Å². The van der Waals surface area contributed by atoms with Crippen molar-refractivity contribution in [2.75, 3.05) is 19.1 Å². The van der Waals surface area contributed by atoms with Crippen LogP contribution in [0.25, 0.3) is 5.76 Å². The molecule has 2 heterocycles. The number of aromatic nitrogens is 1. The number of carbonyl (C=O) groups excluding carboxylic acids is 3. The van der Waals surface area contributed by atoms with Gasteiger partial charge in [-0.25, -0.2) is 9.78 Å². The van der Waals surface area contributed by atoms with Crippen LogP contribution in [0.1, 0.15) is 27.5 Å². The molecule has 1 fully saturated rings. The van der Waals surface area contributed by atoms with Gasteiger partial charge in [-0.05, 0) is 42.0 Å². The van der Waals surface area contributed by atoms with Crippen LogP contribution in [0.4, 0.5) is 5.82 Å². The van der Waals surface area contributed by atoms with E-state index >= 15 is 0 Å². The van der Waals surface area contributed by atoms with Crippen molar-refractivity contribution in [3.05, 3.63) is 95.2 Å². The Hall–Kier alpha value is -4.46. The minimum atomic E-state index is -0.960. The molecule has 2 aromatic carbocycles. The maximum atomic E-state index is 13.1. The van der Waals surface area contributed by atoms with Crippen LogP contribution < -0.4 is 9.64 Å². The highest BCUT2D eigenvalue weighted by atomic mass is 16.5. The molecule has 0 bridgehead atoms. The van der Waals surface area contributed by atoms with Gasteiger partial charge in [0.1, 0.15) is 17.3 Å². The second-order valence-corrected chi connectivity index (χ2v) is 7.20. The minimum Gasteiger partial charge on any atom is -0.507 e. The molecule has 3 aromatic rings. The van der Waals surface area contributed by atoms with Crippen molar-refractivity contribution < 1.29 is 29.0 Å². The highest BCUT2D eigenvalue weighted by molar-refractivity contribution is 6.51. The molecule has 1 aliphatic heterocycles. The molecule has 1 aromatic heterocycles. The van der Waals surface area contributed by atoms with E-state index < -0.39 is 23.7 Å². The van der Waals surface area contributed by atoms with Crippen molar-refractivity contribution in [3.63, 3.8) is 0 Å². The Bertz CT molecular complexity index is 1250. The molecule has 33 heavy (non-hydrogen) atoms. The first-order valence-corrected chi connectivity index (χ1v) is 10.0. The van der Waals surface area contributed by atoms with Crippen LogP contribution in [0.15, 0.2) is 78.5 Å². The fourth-order valence-electron chi connectivity index (χ4n) is 3.73. The largest absolute Gasteiger partial charge is 0.507 e. The second kappa shape index (κ2) is 8.96. The Morgan fingerprint density at radius 2 is 1.73 bits per heavy atom. The summed E-state index contributed by atoms with van der Waals surface area (Å²) < 4.78 is 9.95. The molecule has 0 radical (unpaired) electrons. The predicted octanol–water partition coefficient (Wildman–Crippen LogP) is 3.50. The highest BCUT2D eigenvalue weighted by Crippen LogP contribution is 2.41. The number of anilines is 1. The van der Waals surface area contributed by atoms with Gasteiger partial charge in [0, 0.05) is 11.8 Å². The van der Waals surface area contributed by atoms with Crippen molar-refractivity contribution in [2.24, 2.45) is 0 Å². The average Bonchev–Trinajstić information content (AvgIpc) is 3.14. The predicted molar refractivity (Wildman–Crippen MR) is 120 cm³/mol. The number of hydrogen-bond acceptors (Lipinski definition) is 7. The van der Waals surface area contributed by atoms with Gasteiger partial charge in [0.05, 0.1) is 31.4 Å². The maximum Gasteiger partial charge on any atom is 0.337 e. The van der Waals surface area contributed by atoms with E-state index in [1.165, 1.54) is 37.4 Å². The van der Waals surface area contributed by atoms with Gasteiger partial charge in [0.2, 0.25) is 0 Å². The molecule has 0 spiro atoms. The van der Waals surface area contributed by atoms with Gasteiger partial charge in [-0.1, -0.05) is 30.3 Å². The number of ketones is 1. The molecule has 1 N–H and O–H groups in total. The van der Waals surface area contributed by atoms with E-state index in [1.54, 1.807) is 54.6 Å². The zero-order valence-corrected chi connectivity index (χ0v) is 17.9. The van der Waals surface area contributed by atoms with Gasteiger partial charge in [-0.3, -0.25) is 14.5 Å². The number of nitrogens with zero attached hydrogens (tertiary/aromatic N) is 2. The third-order valence-electron chi connectivity index (χ3n) is 5.33. The molecule has 0 saturated carbocycles. The first-order chi connectivity index (χ1) is 16.0.